The van der Waals surface area contributed by atoms with Crippen molar-refractivity contribution in [2.45, 2.75) is 18.7 Å². The average Bonchev–Trinajstić information content (AvgIpc) is 3.34. The quantitative estimate of drug-likeness (QED) is 0.499. The summed E-state index contributed by atoms with van der Waals surface area (Å²) in [6.07, 6.45) is 3.41. The van der Waals surface area contributed by atoms with E-state index >= 15 is 0 Å². The molecule has 0 bridgehead atoms. The van der Waals surface area contributed by atoms with E-state index in [2.05, 4.69) is 30.2 Å². The molecular weight excluding hydrogens is 394 g/mol. The van der Waals surface area contributed by atoms with Crippen molar-refractivity contribution in [2.75, 3.05) is 4.72 Å². The molecule has 148 valence electrons. The van der Waals surface area contributed by atoms with Crippen molar-refractivity contribution in [1.29, 1.82) is 0 Å². The van der Waals surface area contributed by atoms with Crippen LogP contribution in [-0.4, -0.2) is 38.6 Å². The van der Waals surface area contributed by atoms with Gasteiger partial charge < -0.3 is 4.74 Å². The average molecular weight is 411 g/mol. The number of aromatic amines is 1. The molecule has 0 aliphatic heterocycles. The monoisotopic (exact) mass is 411 g/mol. The van der Waals surface area contributed by atoms with Crippen molar-refractivity contribution in [3.05, 3.63) is 66.2 Å². The van der Waals surface area contributed by atoms with Crippen LogP contribution in [0.15, 0.2) is 59.8 Å². The van der Waals surface area contributed by atoms with Crippen molar-refractivity contribution in [1.82, 2.24) is 30.2 Å². The van der Waals surface area contributed by atoms with Crippen LogP contribution in [0.2, 0.25) is 0 Å². The maximum atomic E-state index is 12.6. The second kappa shape index (κ2) is 7.36. The summed E-state index contributed by atoms with van der Waals surface area (Å²) in [7, 11) is -3.74. The number of hydrogen-bond donors (Lipinski definition) is 2. The number of sulfonamides is 1. The number of ether oxygens (including phenoxy) is 1. The van der Waals surface area contributed by atoms with Gasteiger partial charge in [0, 0.05) is 24.1 Å². The van der Waals surface area contributed by atoms with E-state index in [1.165, 1.54) is 0 Å². The van der Waals surface area contributed by atoms with Gasteiger partial charge in [-0.05, 0) is 50.2 Å². The molecule has 0 atom stereocenters. The van der Waals surface area contributed by atoms with Gasteiger partial charge in [-0.2, -0.15) is 10.2 Å². The minimum Gasteiger partial charge on any atom is -0.438 e. The molecule has 29 heavy (non-hydrogen) atoms. The van der Waals surface area contributed by atoms with Crippen molar-refractivity contribution < 1.29 is 13.2 Å². The smallest absolute Gasteiger partial charge is 0.265 e. The van der Waals surface area contributed by atoms with E-state index in [0.29, 0.717) is 34.5 Å². The molecule has 2 N–H and O–H groups in total. The minimum absolute atomic E-state index is 0.144. The molecule has 0 unspecified atom stereocenters. The topological polar surface area (TPSA) is 128 Å². The van der Waals surface area contributed by atoms with E-state index in [1.54, 1.807) is 73.4 Å². The van der Waals surface area contributed by atoms with Crippen LogP contribution in [0.3, 0.4) is 0 Å². The molecule has 3 heterocycles. The predicted octanol–water partition coefficient (Wildman–Crippen LogP) is 2.60. The van der Waals surface area contributed by atoms with Crippen molar-refractivity contribution in [3.8, 4) is 17.4 Å². The Labute approximate surface area is 166 Å². The third-order valence-corrected chi connectivity index (χ3v) is 5.67. The second-order valence-electron chi connectivity index (χ2n) is 6.18. The van der Waals surface area contributed by atoms with Gasteiger partial charge in [0.1, 0.15) is 10.6 Å². The third-order valence-electron chi connectivity index (χ3n) is 4.02. The van der Waals surface area contributed by atoms with E-state index in [0.717, 1.165) is 0 Å². The number of H-pyrrole nitrogens is 1. The fraction of sp³-hybridized carbons (Fsp3) is 0.111. The lowest BCUT2D eigenvalue weighted by atomic mass is 10.3. The summed E-state index contributed by atoms with van der Waals surface area (Å²) in [4.78, 5) is 0.144. The number of anilines is 1. The Morgan fingerprint density at radius 3 is 2.45 bits per heavy atom. The number of rotatable bonds is 6. The molecule has 0 radical (unpaired) electrons. The maximum absolute atomic E-state index is 12.6. The molecule has 4 aromatic rings. The van der Waals surface area contributed by atoms with Crippen molar-refractivity contribution in [2.24, 2.45) is 0 Å². The predicted molar refractivity (Wildman–Crippen MR) is 105 cm³/mol. The molecule has 4 rings (SSSR count). The lowest BCUT2D eigenvalue weighted by molar-refractivity contribution is 0.454. The highest BCUT2D eigenvalue weighted by molar-refractivity contribution is 7.92. The summed E-state index contributed by atoms with van der Waals surface area (Å²) >= 11 is 0. The number of benzene rings is 1. The van der Waals surface area contributed by atoms with E-state index in [9.17, 15) is 8.42 Å². The maximum Gasteiger partial charge on any atom is 0.265 e. The molecule has 0 amide bonds. The van der Waals surface area contributed by atoms with Gasteiger partial charge in [0.2, 0.25) is 5.88 Å². The SMILES string of the molecule is Cc1n[nH]c(C)c1S(=O)(=O)Nc1ccc(Oc2ccc(-n3cccn3)nn2)cc1. The second-order valence-corrected chi connectivity index (χ2v) is 7.79. The molecule has 10 nitrogen and oxygen atoms in total. The highest BCUT2D eigenvalue weighted by Gasteiger charge is 2.22. The molecule has 3 aromatic heterocycles. The zero-order chi connectivity index (χ0) is 20.4. The summed E-state index contributed by atoms with van der Waals surface area (Å²) in [5.41, 5.74) is 1.29. The standard InChI is InChI=1S/C18H17N7O3S/c1-12-18(13(2)21-20-12)29(26,27)24-14-4-6-15(7-5-14)28-17-9-8-16(22-23-17)25-11-3-10-19-25/h3-11,24H,1-2H3,(H,20,21). The van der Waals surface area contributed by atoms with Crippen molar-refractivity contribution in [3.63, 3.8) is 0 Å². The number of aromatic nitrogens is 6. The van der Waals surface area contributed by atoms with Crippen LogP contribution in [0.1, 0.15) is 11.4 Å². The Morgan fingerprint density at radius 2 is 1.86 bits per heavy atom. The van der Waals surface area contributed by atoms with E-state index < -0.39 is 10.0 Å². The van der Waals surface area contributed by atoms with Crippen LogP contribution < -0.4 is 9.46 Å². The lowest BCUT2D eigenvalue weighted by Crippen LogP contribution is -2.14. The molecule has 0 aliphatic rings. The minimum atomic E-state index is -3.74. The number of nitrogens with one attached hydrogen (secondary N) is 2. The Bertz CT molecular complexity index is 1200. The zero-order valence-corrected chi connectivity index (χ0v) is 16.4. The van der Waals surface area contributed by atoms with Crippen molar-refractivity contribution >= 4 is 15.7 Å². The summed E-state index contributed by atoms with van der Waals surface area (Å²) in [6, 6.07) is 11.7. The zero-order valence-electron chi connectivity index (χ0n) is 15.6. The molecule has 0 fully saturated rings. The third kappa shape index (κ3) is 3.94. The first-order chi connectivity index (χ1) is 13.9. The summed E-state index contributed by atoms with van der Waals surface area (Å²) in [5.74, 6) is 1.36. The van der Waals surface area contributed by atoms with Gasteiger partial charge in [0.15, 0.2) is 5.82 Å². The molecule has 0 saturated heterocycles. The van der Waals surface area contributed by atoms with Gasteiger partial charge >= 0.3 is 0 Å². The van der Waals surface area contributed by atoms with Crippen LogP contribution in [0, 0.1) is 13.8 Å². The van der Waals surface area contributed by atoms with Gasteiger partial charge in [0.25, 0.3) is 10.0 Å². The first kappa shape index (κ1) is 18.6. The van der Waals surface area contributed by atoms with Crippen LogP contribution in [0.5, 0.6) is 11.6 Å². The largest absolute Gasteiger partial charge is 0.438 e. The number of aryl methyl sites for hydroxylation is 2. The fourth-order valence-electron chi connectivity index (χ4n) is 2.75. The molecule has 0 saturated carbocycles. The van der Waals surface area contributed by atoms with E-state index in [1.807, 2.05) is 0 Å². The van der Waals surface area contributed by atoms with Gasteiger partial charge in [-0.15, -0.1) is 10.2 Å². The summed E-state index contributed by atoms with van der Waals surface area (Å²) in [5, 5.41) is 18.7. The molecule has 0 spiro atoms. The van der Waals surface area contributed by atoms with Gasteiger partial charge in [-0.1, -0.05) is 0 Å². The van der Waals surface area contributed by atoms with Gasteiger partial charge in [-0.3, -0.25) is 9.82 Å². The van der Waals surface area contributed by atoms with Crippen LogP contribution in [0.25, 0.3) is 5.82 Å². The highest BCUT2D eigenvalue weighted by Crippen LogP contribution is 2.24. The van der Waals surface area contributed by atoms with Crippen LogP contribution >= 0.6 is 0 Å². The summed E-state index contributed by atoms with van der Waals surface area (Å²) in [6.45, 7) is 3.29. The normalized spacial score (nSPS) is 11.4. The molecular formula is C18H17N7O3S. The molecule has 11 heteroatoms. The molecule has 1 aromatic carbocycles. The Morgan fingerprint density at radius 1 is 1.07 bits per heavy atom. The number of hydrogen-bond acceptors (Lipinski definition) is 7. The van der Waals surface area contributed by atoms with E-state index in [-0.39, 0.29) is 4.90 Å². The first-order valence-electron chi connectivity index (χ1n) is 8.58. The Kier molecular flexibility index (Phi) is 4.72. The fourth-order valence-corrected chi connectivity index (χ4v) is 4.18. The van der Waals surface area contributed by atoms with Crippen LogP contribution in [0.4, 0.5) is 5.69 Å². The van der Waals surface area contributed by atoms with Gasteiger partial charge in [-0.25, -0.2) is 13.1 Å². The Hall–Kier alpha value is -3.73. The lowest BCUT2D eigenvalue weighted by Gasteiger charge is -2.09. The highest BCUT2D eigenvalue weighted by atomic mass is 32.2. The first-order valence-corrected chi connectivity index (χ1v) is 10.1. The Balaban J connectivity index is 1.45. The van der Waals surface area contributed by atoms with Crippen LogP contribution in [-0.2, 0) is 10.0 Å². The molecule has 0 aliphatic carbocycles. The number of nitrogens with zero attached hydrogens (tertiary/aromatic N) is 5. The van der Waals surface area contributed by atoms with Gasteiger partial charge in [0.05, 0.1) is 11.4 Å². The van der Waals surface area contributed by atoms with E-state index in [4.69, 9.17) is 4.74 Å². The summed E-state index contributed by atoms with van der Waals surface area (Å²) < 4.78 is 34.9.